The third-order valence-corrected chi connectivity index (χ3v) is 3.24. The van der Waals surface area contributed by atoms with E-state index >= 15 is 0 Å². The van der Waals surface area contributed by atoms with Crippen LogP contribution in [0.25, 0.3) is 11.4 Å². The Bertz CT molecular complexity index is 773. The summed E-state index contributed by atoms with van der Waals surface area (Å²) in [6.07, 6.45) is 4.11. The van der Waals surface area contributed by atoms with E-state index in [4.69, 9.17) is 0 Å². The highest BCUT2D eigenvalue weighted by Gasteiger charge is 2.13. The Balaban J connectivity index is 1.94. The van der Waals surface area contributed by atoms with Gasteiger partial charge in [0.25, 0.3) is 0 Å². The number of nitrogens with zero attached hydrogens (tertiary/aromatic N) is 4. The molecule has 0 aliphatic rings. The van der Waals surface area contributed by atoms with E-state index in [0.717, 1.165) is 17.5 Å². The molecule has 3 aromatic rings. The van der Waals surface area contributed by atoms with Crippen molar-refractivity contribution in [2.75, 3.05) is 0 Å². The molecule has 0 fully saturated rings. The molecule has 0 aliphatic carbocycles. The van der Waals surface area contributed by atoms with Gasteiger partial charge in [-0.05, 0) is 23.8 Å². The predicted octanol–water partition coefficient (Wildman–Crippen LogP) is 2.28. The van der Waals surface area contributed by atoms with Gasteiger partial charge in [-0.15, -0.1) is 0 Å². The fourth-order valence-corrected chi connectivity index (χ4v) is 2.19. The first-order valence-electron chi connectivity index (χ1n) is 6.43. The second-order valence-electron chi connectivity index (χ2n) is 4.71. The van der Waals surface area contributed by atoms with Crippen LogP contribution in [0.2, 0.25) is 0 Å². The van der Waals surface area contributed by atoms with Gasteiger partial charge < -0.3 is 0 Å². The Morgan fingerprint density at radius 1 is 1.24 bits per heavy atom. The second-order valence-corrected chi connectivity index (χ2v) is 4.71. The van der Waals surface area contributed by atoms with Crippen molar-refractivity contribution in [3.63, 3.8) is 0 Å². The van der Waals surface area contributed by atoms with Crippen molar-refractivity contribution in [3.8, 4) is 11.4 Å². The maximum absolute atomic E-state index is 12.9. The molecule has 2 aromatic heterocycles. The number of aldehydes is 1. The Morgan fingerprint density at radius 2 is 2.00 bits per heavy atom. The first-order valence-corrected chi connectivity index (χ1v) is 6.43. The minimum atomic E-state index is -0.275. The number of benzene rings is 1. The van der Waals surface area contributed by atoms with E-state index in [1.54, 1.807) is 47.0 Å². The second kappa shape index (κ2) is 5.32. The molecule has 0 aliphatic heterocycles. The van der Waals surface area contributed by atoms with Crippen LogP contribution in [-0.2, 0) is 13.6 Å². The standard InChI is InChI=1S/C15H13FN4O/c1-19-14(6-7-17-19)15-12(10-21)9-20(18-15)8-11-2-4-13(16)5-3-11/h2-7,9-10H,8H2,1H3. The number of carbonyl (C=O) groups is 1. The Hall–Kier alpha value is -2.76. The summed E-state index contributed by atoms with van der Waals surface area (Å²) in [5.41, 5.74) is 2.77. The molecule has 0 bridgehead atoms. The van der Waals surface area contributed by atoms with Gasteiger partial charge in [0, 0.05) is 19.4 Å². The summed E-state index contributed by atoms with van der Waals surface area (Å²) in [6, 6.07) is 8.00. The lowest BCUT2D eigenvalue weighted by Crippen LogP contribution is -2.01. The first kappa shape index (κ1) is 13.2. The van der Waals surface area contributed by atoms with Gasteiger partial charge in [0.1, 0.15) is 11.5 Å². The molecule has 0 N–H and O–H groups in total. The molecule has 21 heavy (non-hydrogen) atoms. The summed E-state index contributed by atoms with van der Waals surface area (Å²) in [7, 11) is 1.79. The Morgan fingerprint density at radius 3 is 2.62 bits per heavy atom. The topological polar surface area (TPSA) is 52.7 Å². The van der Waals surface area contributed by atoms with Crippen molar-refractivity contribution >= 4 is 6.29 Å². The molecule has 1 aromatic carbocycles. The van der Waals surface area contributed by atoms with Gasteiger partial charge in [0.2, 0.25) is 0 Å². The number of aryl methyl sites for hydroxylation is 1. The van der Waals surface area contributed by atoms with Crippen molar-refractivity contribution in [1.82, 2.24) is 19.6 Å². The van der Waals surface area contributed by atoms with Crippen LogP contribution in [0, 0.1) is 5.82 Å². The lowest BCUT2D eigenvalue weighted by atomic mass is 10.2. The summed E-state index contributed by atoms with van der Waals surface area (Å²) >= 11 is 0. The number of rotatable bonds is 4. The molecule has 0 saturated heterocycles. The first-order chi connectivity index (χ1) is 10.2. The van der Waals surface area contributed by atoms with Gasteiger partial charge in [-0.2, -0.15) is 10.2 Å². The van der Waals surface area contributed by atoms with Crippen LogP contribution in [0.3, 0.4) is 0 Å². The van der Waals surface area contributed by atoms with E-state index in [2.05, 4.69) is 10.2 Å². The predicted molar refractivity (Wildman–Crippen MR) is 75.3 cm³/mol. The minimum absolute atomic E-state index is 0.275. The molecular weight excluding hydrogens is 271 g/mol. The summed E-state index contributed by atoms with van der Waals surface area (Å²) in [5, 5.41) is 8.51. The van der Waals surface area contributed by atoms with Gasteiger partial charge in [0.05, 0.1) is 17.8 Å². The zero-order valence-electron chi connectivity index (χ0n) is 11.4. The van der Waals surface area contributed by atoms with Gasteiger partial charge in [0.15, 0.2) is 6.29 Å². The van der Waals surface area contributed by atoms with E-state index in [-0.39, 0.29) is 5.82 Å². The van der Waals surface area contributed by atoms with E-state index < -0.39 is 0 Å². The van der Waals surface area contributed by atoms with Gasteiger partial charge in [-0.3, -0.25) is 14.2 Å². The maximum atomic E-state index is 12.9. The number of aromatic nitrogens is 4. The fourth-order valence-electron chi connectivity index (χ4n) is 2.19. The van der Waals surface area contributed by atoms with Crippen LogP contribution in [0.4, 0.5) is 4.39 Å². The van der Waals surface area contributed by atoms with Gasteiger partial charge in [-0.25, -0.2) is 4.39 Å². The Labute approximate surface area is 120 Å². The average molecular weight is 284 g/mol. The van der Waals surface area contributed by atoms with Gasteiger partial charge in [-0.1, -0.05) is 12.1 Å². The fraction of sp³-hybridized carbons (Fsp3) is 0.133. The van der Waals surface area contributed by atoms with E-state index in [0.29, 0.717) is 17.8 Å². The molecule has 3 rings (SSSR count). The molecule has 0 atom stereocenters. The van der Waals surface area contributed by atoms with Gasteiger partial charge >= 0.3 is 0 Å². The molecule has 5 nitrogen and oxygen atoms in total. The monoisotopic (exact) mass is 284 g/mol. The van der Waals surface area contributed by atoms with E-state index in [1.807, 2.05) is 0 Å². The molecule has 106 valence electrons. The third-order valence-electron chi connectivity index (χ3n) is 3.24. The zero-order valence-corrected chi connectivity index (χ0v) is 11.4. The number of hydrogen-bond donors (Lipinski definition) is 0. The van der Waals surface area contributed by atoms with Crippen LogP contribution >= 0.6 is 0 Å². The van der Waals surface area contributed by atoms with Crippen molar-refractivity contribution in [2.24, 2.45) is 7.05 Å². The number of hydrogen-bond acceptors (Lipinski definition) is 3. The minimum Gasteiger partial charge on any atom is -0.298 e. The van der Waals surface area contributed by atoms with Crippen LogP contribution in [0.1, 0.15) is 15.9 Å². The normalized spacial score (nSPS) is 10.8. The average Bonchev–Trinajstić information content (AvgIpc) is 3.07. The highest BCUT2D eigenvalue weighted by atomic mass is 19.1. The van der Waals surface area contributed by atoms with Crippen molar-refractivity contribution in [1.29, 1.82) is 0 Å². The summed E-state index contributed by atoms with van der Waals surface area (Å²) in [4.78, 5) is 11.2. The summed E-state index contributed by atoms with van der Waals surface area (Å²) in [6.45, 7) is 0.471. The molecule has 6 heteroatoms. The quantitative estimate of drug-likeness (QED) is 0.691. The smallest absolute Gasteiger partial charge is 0.153 e. The highest BCUT2D eigenvalue weighted by Crippen LogP contribution is 2.20. The largest absolute Gasteiger partial charge is 0.298 e. The number of halogens is 1. The van der Waals surface area contributed by atoms with Crippen molar-refractivity contribution < 1.29 is 9.18 Å². The summed E-state index contributed by atoms with van der Waals surface area (Å²) < 4.78 is 16.2. The third kappa shape index (κ3) is 2.60. The van der Waals surface area contributed by atoms with E-state index in [1.165, 1.54) is 12.1 Å². The van der Waals surface area contributed by atoms with Crippen molar-refractivity contribution in [3.05, 3.63) is 59.7 Å². The summed E-state index contributed by atoms with van der Waals surface area (Å²) in [5.74, 6) is -0.275. The molecular formula is C15H13FN4O. The molecule has 0 radical (unpaired) electrons. The zero-order chi connectivity index (χ0) is 14.8. The highest BCUT2D eigenvalue weighted by molar-refractivity contribution is 5.84. The maximum Gasteiger partial charge on any atom is 0.153 e. The molecule has 0 amide bonds. The molecule has 0 saturated carbocycles. The van der Waals surface area contributed by atoms with E-state index in [9.17, 15) is 9.18 Å². The van der Waals surface area contributed by atoms with Crippen LogP contribution in [0.15, 0.2) is 42.7 Å². The lowest BCUT2D eigenvalue weighted by molar-refractivity contribution is 0.112. The molecule has 0 spiro atoms. The SMILES string of the molecule is Cn1nccc1-c1nn(Cc2ccc(F)cc2)cc1C=O. The Kier molecular flexibility index (Phi) is 3.35. The molecule has 0 unspecified atom stereocenters. The molecule has 2 heterocycles. The van der Waals surface area contributed by atoms with Crippen molar-refractivity contribution in [2.45, 2.75) is 6.54 Å². The lowest BCUT2D eigenvalue weighted by Gasteiger charge is -2.02. The van der Waals surface area contributed by atoms with Crippen LogP contribution in [0.5, 0.6) is 0 Å². The van der Waals surface area contributed by atoms with Crippen LogP contribution < -0.4 is 0 Å². The number of carbonyl (C=O) groups excluding carboxylic acids is 1. The van der Waals surface area contributed by atoms with Crippen LogP contribution in [-0.4, -0.2) is 25.8 Å².